The highest BCUT2D eigenvalue weighted by molar-refractivity contribution is 7.03. The molecule has 1 atom stereocenters. The highest BCUT2D eigenvalue weighted by Gasteiger charge is 2.35. The Morgan fingerprint density at radius 1 is 1.13 bits per heavy atom. The van der Waals surface area contributed by atoms with Crippen LogP contribution in [0, 0.1) is 5.82 Å². The molecular formula is C16H11FN4OS. The zero-order valence-corrected chi connectivity index (χ0v) is 12.6. The van der Waals surface area contributed by atoms with Crippen LogP contribution in [0.3, 0.4) is 0 Å². The van der Waals surface area contributed by atoms with E-state index in [-0.39, 0.29) is 11.7 Å². The van der Waals surface area contributed by atoms with Crippen LogP contribution in [-0.2, 0) is 0 Å². The van der Waals surface area contributed by atoms with Gasteiger partial charge in [-0.15, -0.1) is 5.10 Å². The van der Waals surface area contributed by atoms with Crippen molar-refractivity contribution in [1.29, 1.82) is 0 Å². The molecule has 0 fully saturated rings. The fourth-order valence-electron chi connectivity index (χ4n) is 2.62. The maximum absolute atomic E-state index is 13.2. The minimum absolute atomic E-state index is 0.163. The average Bonchev–Trinajstić information content (AvgIpc) is 3.10. The number of nitrogens with zero attached hydrogens (tertiary/aromatic N) is 3. The van der Waals surface area contributed by atoms with Gasteiger partial charge in [-0.25, -0.2) is 4.39 Å². The van der Waals surface area contributed by atoms with Crippen LogP contribution in [0.25, 0.3) is 0 Å². The molecule has 1 N–H and O–H groups in total. The lowest BCUT2D eigenvalue weighted by atomic mass is 10.1. The van der Waals surface area contributed by atoms with Gasteiger partial charge in [0.1, 0.15) is 11.5 Å². The van der Waals surface area contributed by atoms with E-state index >= 15 is 0 Å². The van der Waals surface area contributed by atoms with Gasteiger partial charge in [-0.3, -0.25) is 9.69 Å². The molecule has 0 unspecified atom stereocenters. The van der Waals surface area contributed by atoms with Crippen molar-refractivity contribution in [3.63, 3.8) is 0 Å². The minimum Gasteiger partial charge on any atom is -0.359 e. The molecule has 1 amide bonds. The number of hydrogen-bond acceptors (Lipinski definition) is 5. The summed E-state index contributed by atoms with van der Waals surface area (Å²) in [5, 5.41) is 9.17. The summed E-state index contributed by atoms with van der Waals surface area (Å²) in [6.45, 7) is 0. The van der Waals surface area contributed by atoms with E-state index in [4.69, 9.17) is 0 Å². The summed E-state index contributed by atoms with van der Waals surface area (Å²) >= 11 is 1.22. The van der Waals surface area contributed by atoms with Gasteiger partial charge in [0.25, 0.3) is 5.91 Å². The van der Waals surface area contributed by atoms with Crippen molar-refractivity contribution >= 4 is 28.8 Å². The van der Waals surface area contributed by atoms with E-state index in [0.29, 0.717) is 16.9 Å². The number of halogens is 1. The predicted molar refractivity (Wildman–Crippen MR) is 85.9 cm³/mol. The number of amides is 1. The van der Waals surface area contributed by atoms with E-state index < -0.39 is 6.17 Å². The molecule has 4 rings (SSSR count). The van der Waals surface area contributed by atoms with Crippen LogP contribution in [0.4, 0.5) is 15.8 Å². The van der Waals surface area contributed by atoms with E-state index in [9.17, 15) is 9.18 Å². The second kappa shape index (κ2) is 5.44. The molecule has 1 aliphatic heterocycles. The molecule has 2 aromatic carbocycles. The minimum atomic E-state index is -0.485. The Bertz CT molecular complexity index is 851. The van der Waals surface area contributed by atoms with Gasteiger partial charge in [-0.1, -0.05) is 16.6 Å². The smallest absolute Gasteiger partial charge is 0.262 e. The van der Waals surface area contributed by atoms with Crippen molar-refractivity contribution in [2.45, 2.75) is 6.17 Å². The Hall–Kier alpha value is -2.80. The summed E-state index contributed by atoms with van der Waals surface area (Å²) in [5.74, 6) is -0.512. The SMILES string of the molecule is O=C1c2ccccc2N[C@@H](c2csnn2)N1c1ccc(F)cc1. The quantitative estimate of drug-likeness (QED) is 0.784. The summed E-state index contributed by atoms with van der Waals surface area (Å²) in [6.07, 6.45) is -0.485. The summed E-state index contributed by atoms with van der Waals surface area (Å²) in [4.78, 5) is 14.5. The Balaban J connectivity index is 1.85. The number of hydrogen-bond donors (Lipinski definition) is 1. The first-order valence-corrected chi connectivity index (χ1v) is 7.79. The molecule has 0 saturated heterocycles. The lowest BCUT2D eigenvalue weighted by Crippen LogP contribution is -2.43. The van der Waals surface area contributed by atoms with Crippen molar-refractivity contribution in [2.24, 2.45) is 0 Å². The van der Waals surface area contributed by atoms with Gasteiger partial charge in [0.15, 0.2) is 6.17 Å². The predicted octanol–water partition coefficient (Wildman–Crippen LogP) is 3.45. The average molecular weight is 326 g/mol. The van der Waals surface area contributed by atoms with Gasteiger partial charge in [-0.05, 0) is 47.9 Å². The topological polar surface area (TPSA) is 58.1 Å². The van der Waals surface area contributed by atoms with E-state index in [2.05, 4.69) is 14.9 Å². The first-order chi connectivity index (χ1) is 11.2. The first kappa shape index (κ1) is 13.8. The normalized spacial score (nSPS) is 16.8. The molecule has 2 heterocycles. The lowest BCUT2D eigenvalue weighted by molar-refractivity contribution is 0.0974. The Morgan fingerprint density at radius 2 is 1.91 bits per heavy atom. The molecule has 7 heteroatoms. The van der Waals surface area contributed by atoms with Crippen LogP contribution in [0.2, 0.25) is 0 Å². The molecule has 3 aromatic rings. The molecule has 0 radical (unpaired) electrons. The molecule has 1 aromatic heterocycles. The number of para-hydroxylation sites is 1. The van der Waals surface area contributed by atoms with Crippen molar-refractivity contribution in [2.75, 3.05) is 10.2 Å². The number of aromatic nitrogens is 2. The first-order valence-electron chi connectivity index (χ1n) is 6.96. The van der Waals surface area contributed by atoms with Crippen LogP contribution in [0.15, 0.2) is 53.9 Å². The summed E-state index contributed by atoms with van der Waals surface area (Å²) in [7, 11) is 0. The second-order valence-corrected chi connectivity index (χ2v) is 5.68. The number of carbonyl (C=O) groups is 1. The van der Waals surface area contributed by atoms with Crippen LogP contribution in [0.1, 0.15) is 22.2 Å². The molecule has 0 saturated carbocycles. The molecule has 0 bridgehead atoms. The van der Waals surface area contributed by atoms with E-state index in [1.54, 1.807) is 28.5 Å². The van der Waals surface area contributed by atoms with Gasteiger partial charge in [0, 0.05) is 16.8 Å². The number of anilines is 2. The van der Waals surface area contributed by atoms with Crippen LogP contribution >= 0.6 is 11.5 Å². The van der Waals surface area contributed by atoms with Gasteiger partial charge in [0.2, 0.25) is 0 Å². The van der Waals surface area contributed by atoms with E-state index in [1.165, 1.54) is 23.7 Å². The molecule has 0 spiro atoms. The number of benzene rings is 2. The summed E-state index contributed by atoms with van der Waals surface area (Å²) in [6, 6.07) is 13.1. The largest absolute Gasteiger partial charge is 0.359 e. The maximum atomic E-state index is 13.2. The van der Waals surface area contributed by atoms with Crippen LogP contribution in [0.5, 0.6) is 0 Å². The lowest BCUT2D eigenvalue weighted by Gasteiger charge is -2.36. The fourth-order valence-corrected chi connectivity index (χ4v) is 3.09. The van der Waals surface area contributed by atoms with Gasteiger partial charge < -0.3 is 5.32 Å². The third-order valence-corrected chi connectivity index (χ3v) is 4.21. The third-order valence-electron chi connectivity index (χ3n) is 3.69. The highest BCUT2D eigenvalue weighted by Crippen LogP contribution is 2.36. The number of fused-ring (bicyclic) bond motifs is 1. The number of rotatable bonds is 2. The Labute approximate surface area is 135 Å². The molecular weight excluding hydrogens is 315 g/mol. The van der Waals surface area contributed by atoms with Crippen LogP contribution in [-0.4, -0.2) is 15.5 Å². The Kier molecular flexibility index (Phi) is 3.27. The maximum Gasteiger partial charge on any atom is 0.262 e. The van der Waals surface area contributed by atoms with Crippen molar-refractivity contribution < 1.29 is 9.18 Å². The number of carbonyl (C=O) groups excluding carboxylic acids is 1. The summed E-state index contributed by atoms with van der Waals surface area (Å²) in [5.41, 5.74) is 2.55. The van der Waals surface area contributed by atoms with Gasteiger partial charge >= 0.3 is 0 Å². The zero-order chi connectivity index (χ0) is 15.8. The monoisotopic (exact) mass is 326 g/mol. The Morgan fingerprint density at radius 3 is 2.65 bits per heavy atom. The van der Waals surface area contributed by atoms with Gasteiger partial charge in [0.05, 0.1) is 5.56 Å². The third kappa shape index (κ3) is 2.35. The fraction of sp³-hybridized carbons (Fsp3) is 0.0625. The van der Waals surface area contributed by atoms with E-state index in [0.717, 1.165) is 5.69 Å². The number of nitrogens with one attached hydrogen (secondary N) is 1. The van der Waals surface area contributed by atoms with E-state index in [1.807, 2.05) is 18.2 Å². The molecule has 5 nitrogen and oxygen atoms in total. The van der Waals surface area contributed by atoms with Crippen molar-refractivity contribution in [3.05, 3.63) is 71.0 Å². The standard InChI is InChI=1S/C16H11FN4OS/c17-10-5-7-11(8-6-10)21-15(14-9-23-20-19-14)18-13-4-2-1-3-12(13)16(21)22/h1-9,15,18H/t15-/m1/s1. The molecule has 0 aliphatic carbocycles. The van der Waals surface area contributed by atoms with Crippen LogP contribution < -0.4 is 10.2 Å². The second-order valence-electron chi connectivity index (χ2n) is 5.07. The van der Waals surface area contributed by atoms with Crippen molar-refractivity contribution in [1.82, 2.24) is 9.59 Å². The van der Waals surface area contributed by atoms with Gasteiger partial charge in [-0.2, -0.15) is 0 Å². The zero-order valence-electron chi connectivity index (χ0n) is 11.8. The molecule has 114 valence electrons. The molecule has 23 heavy (non-hydrogen) atoms. The van der Waals surface area contributed by atoms with Crippen molar-refractivity contribution in [3.8, 4) is 0 Å². The molecule has 1 aliphatic rings. The summed E-state index contributed by atoms with van der Waals surface area (Å²) < 4.78 is 17.1. The highest BCUT2D eigenvalue weighted by atomic mass is 32.1.